The van der Waals surface area contributed by atoms with Gasteiger partial charge in [0.25, 0.3) is 0 Å². The van der Waals surface area contributed by atoms with Gasteiger partial charge in [-0.05, 0) is 75.2 Å². The first kappa shape index (κ1) is 25.0. The van der Waals surface area contributed by atoms with Crippen LogP contribution in [0.4, 0.5) is 16.2 Å². The minimum absolute atomic E-state index is 0.109. The van der Waals surface area contributed by atoms with Crippen molar-refractivity contribution in [3.63, 3.8) is 0 Å². The monoisotopic (exact) mass is 485 g/mol. The van der Waals surface area contributed by atoms with Gasteiger partial charge in [0, 0.05) is 42.0 Å². The predicted molar refractivity (Wildman–Crippen MR) is 139 cm³/mol. The summed E-state index contributed by atoms with van der Waals surface area (Å²) >= 11 is 0. The van der Waals surface area contributed by atoms with Crippen LogP contribution in [-0.4, -0.2) is 37.0 Å². The maximum atomic E-state index is 12.3. The number of hydrogen-bond donors (Lipinski definition) is 1. The number of amides is 1. The molecular weight excluding hydrogens is 454 g/mol. The van der Waals surface area contributed by atoms with Crippen LogP contribution in [0.5, 0.6) is 0 Å². The maximum absolute atomic E-state index is 12.3. The van der Waals surface area contributed by atoms with E-state index in [9.17, 15) is 9.59 Å². The summed E-state index contributed by atoms with van der Waals surface area (Å²) in [6.07, 6.45) is 5.02. The van der Waals surface area contributed by atoms with Gasteiger partial charge in [0.05, 0.1) is 13.3 Å². The number of hydrogen-bond acceptors (Lipinski definition) is 6. The summed E-state index contributed by atoms with van der Waals surface area (Å²) in [4.78, 5) is 29.2. The Hall–Kier alpha value is -4.10. The van der Waals surface area contributed by atoms with Crippen LogP contribution in [0.1, 0.15) is 56.4 Å². The average Bonchev–Trinajstić information content (AvgIpc) is 2.82. The van der Waals surface area contributed by atoms with E-state index in [1.807, 2.05) is 12.1 Å². The normalized spacial score (nSPS) is 14.3. The number of rotatable bonds is 4. The molecule has 7 nitrogen and oxygen atoms in total. The molecule has 1 N–H and O–H groups in total. The topological polar surface area (TPSA) is 71.1 Å². The molecule has 4 rings (SSSR count). The van der Waals surface area contributed by atoms with E-state index in [1.165, 1.54) is 22.5 Å². The number of nitrogens with zero attached hydrogens (tertiary/aromatic N) is 2. The molecular formula is C29H31N3O4. The average molecular weight is 486 g/mol. The number of nitrogens with one attached hydrogen (secondary N) is 1. The van der Waals surface area contributed by atoms with Crippen molar-refractivity contribution in [1.29, 1.82) is 0 Å². The van der Waals surface area contributed by atoms with Crippen molar-refractivity contribution in [1.82, 2.24) is 5.32 Å². The SMILES string of the molecule is C#Cc1ccc2c(c1)CN1CN2Cc2cc(C#CC[C@H](NC(=O)OC(C)(C)C)C(=O)OCC)ccc21. The molecule has 36 heavy (non-hydrogen) atoms. The number of terminal acetylenes is 1. The summed E-state index contributed by atoms with van der Waals surface area (Å²) in [6, 6.07) is 11.4. The van der Waals surface area contributed by atoms with Crippen LogP contribution >= 0.6 is 0 Å². The number of esters is 1. The Morgan fingerprint density at radius 3 is 2.25 bits per heavy atom. The molecule has 0 aromatic heterocycles. The Balaban J connectivity index is 1.48. The highest BCUT2D eigenvalue weighted by Gasteiger charge is 2.29. The molecule has 2 aliphatic rings. The zero-order chi connectivity index (χ0) is 25.9. The summed E-state index contributed by atoms with van der Waals surface area (Å²) < 4.78 is 10.4. The van der Waals surface area contributed by atoms with Gasteiger partial charge in [-0.1, -0.05) is 17.8 Å². The van der Waals surface area contributed by atoms with E-state index in [0.29, 0.717) is 0 Å². The third-order valence-electron chi connectivity index (χ3n) is 5.87. The van der Waals surface area contributed by atoms with Crippen molar-refractivity contribution in [3.8, 4) is 24.2 Å². The first-order valence-electron chi connectivity index (χ1n) is 12.0. The molecule has 0 radical (unpaired) electrons. The maximum Gasteiger partial charge on any atom is 0.408 e. The molecule has 0 saturated carbocycles. The zero-order valence-corrected chi connectivity index (χ0v) is 21.2. The Bertz CT molecular complexity index is 1280. The van der Waals surface area contributed by atoms with Crippen molar-refractivity contribution < 1.29 is 19.1 Å². The van der Waals surface area contributed by atoms with Crippen LogP contribution in [0.15, 0.2) is 36.4 Å². The third-order valence-corrected chi connectivity index (χ3v) is 5.87. The predicted octanol–water partition coefficient (Wildman–Crippen LogP) is 4.16. The Morgan fingerprint density at radius 1 is 1.06 bits per heavy atom. The lowest BCUT2D eigenvalue weighted by atomic mass is 9.99. The smallest absolute Gasteiger partial charge is 0.408 e. The van der Waals surface area contributed by atoms with Crippen molar-refractivity contribution in [3.05, 3.63) is 58.7 Å². The molecule has 2 aromatic carbocycles. The second-order valence-corrected chi connectivity index (χ2v) is 9.83. The largest absolute Gasteiger partial charge is 0.464 e. The minimum Gasteiger partial charge on any atom is -0.464 e. The number of carbonyl (C=O) groups excluding carboxylic acids is 2. The molecule has 0 unspecified atom stereocenters. The van der Waals surface area contributed by atoms with E-state index in [2.05, 4.69) is 57.1 Å². The first-order valence-corrected chi connectivity index (χ1v) is 12.0. The van der Waals surface area contributed by atoms with Gasteiger partial charge < -0.3 is 24.6 Å². The fourth-order valence-electron chi connectivity index (χ4n) is 4.39. The second-order valence-electron chi connectivity index (χ2n) is 9.83. The Morgan fingerprint density at radius 2 is 1.67 bits per heavy atom. The molecule has 2 aromatic rings. The third kappa shape index (κ3) is 5.75. The van der Waals surface area contributed by atoms with Gasteiger partial charge in [0.2, 0.25) is 0 Å². The highest BCUT2D eigenvalue weighted by molar-refractivity contribution is 5.81. The molecule has 7 heteroatoms. The van der Waals surface area contributed by atoms with Gasteiger partial charge in [-0.15, -0.1) is 6.42 Å². The molecule has 0 aliphatic carbocycles. The van der Waals surface area contributed by atoms with Gasteiger partial charge in [0.1, 0.15) is 11.6 Å². The summed E-state index contributed by atoms with van der Waals surface area (Å²) in [6.45, 7) is 9.62. The summed E-state index contributed by atoms with van der Waals surface area (Å²) in [5, 5.41) is 2.57. The fraction of sp³-hybridized carbons (Fsp3) is 0.379. The lowest BCUT2D eigenvalue weighted by molar-refractivity contribution is -0.145. The van der Waals surface area contributed by atoms with E-state index in [1.54, 1.807) is 27.7 Å². The van der Waals surface area contributed by atoms with E-state index in [-0.39, 0.29) is 13.0 Å². The minimum atomic E-state index is -0.911. The highest BCUT2D eigenvalue weighted by Crippen LogP contribution is 2.38. The Kier molecular flexibility index (Phi) is 7.12. The highest BCUT2D eigenvalue weighted by atomic mass is 16.6. The molecule has 186 valence electrons. The summed E-state index contributed by atoms with van der Waals surface area (Å²) in [5.74, 6) is 8.34. The number of anilines is 2. The fourth-order valence-corrected chi connectivity index (χ4v) is 4.39. The van der Waals surface area contributed by atoms with Gasteiger partial charge in [0.15, 0.2) is 0 Å². The summed E-state index contributed by atoms with van der Waals surface area (Å²) in [5.41, 5.74) is 5.87. The van der Waals surface area contributed by atoms with E-state index >= 15 is 0 Å². The number of fused-ring (bicyclic) bond motifs is 6. The van der Waals surface area contributed by atoms with Crippen LogP contribution in [0.3, 0.4) is 0 Å². The van der Waals surface area contributed by atoms with Crippen LogP contribution in [0.2, 0.25) is 0 Å². The van der Waals surface area contributed by atoms with E-state index in [4.69, 9.17) is 15.9 Å². The van der Waals surface area contributed by atoms with Crippen LogP contribution in [0, 0.1) is 24.2 Å². The molecule has 1 atom stereocenters. The molecule has 0 fully saturated rings. The molecule has 0 spiro atoms. The van der Waals surface area contributed by atoms with Crippen LogP contribution in [0.25, 0.3) is 0 Å². The van der Waals surface area contributed by atoms with E-state index < -0.39 is 23.7 Å². The van der Waals surface area contributed by atoms with Gasteiger partial charge in [-0.3, -0.25) is 0 Å². The number of ether oxygens (including phenoxy) is 2. The molecule has 1 amide bonds. The molecule has 2 aliphatic heterocycles. The molecule has 2 bridgehead atoms. The molecule has 2 heterocycles. The Labute approximate surface area is 212 Å². The lowest BCUT2D eigenvalue weighted by Gasteiger charge is -2.44. The first-order chi connectivity index (χ1) is 17.2. The quantitative estimate of drug-likeness (QED) is 0.518. The van der Waals surface area contributed by atoms with Gasteiger partial charge >= 0.3 is 12.1 Å². The van der Waals surface area contributed by atoms with Crippen molar-refractivity contribution in [2.24, 2.45) is 0 Å². The molecule has 0 saturated heterocycles. The van der Waals surface area contributed by atoms with Crippen LogP contribution in [-0.2, 0) is 27.4 Å². The van der Waals surface area contributed by atoms with Gasteiger partial charge in [-0.25, -0.2) is 9.59 Å². The van der Waals surface area contributed by atoms with Crippen molar-refractivity contribution in [2.75, 3.05) is 23.1 Å². The summed E-state index contributed by atoms with van der Waals surface area (Å²) in [7, 11) is 0. The number of alkyl carbamates (subject to hydrolysis) is 1. The van der Waals surface area contributed by atoms with E-state index in [0.717, 1.165) is 30.9 Å². The van der Waals surface area contributed by atoms with Crippen molar-refractivity contribution in [2.45, 2.75) is 58.8 Å². The lowest BCUT2D eigenvalue weighted by Crippen LogP contribution is -2.46. The zero-order valence-electron chi connectivity index (χ0n) is 21.2. The standard InChI is InChI=1S/C29H31N3O4/c1-6-20-11-13-25-22(15-20)17-31-19-32(25)18-23-16-21(12-14-26(23)31)9-8-10-24(27(33)35-7-2)30-28(34)36-29(3,4)5/h1,11-16,24H,7,10,17-19H2,2-5H3,(H,30,34)/t24-/m0/s1. The number of carbonyl (C=O) groups is 2. The number of benzene rings is 2. The van der Waals surface area contributed by atoms with Crippen molar-refractivity contribution >= 4 is 23.4 Å². The van der Waals surface area contributed by atoms with Gasteiger partial charge in [-0.2, -0.15) is 0 Å². The van der Waals surface area contributed by atoms with Crippen LogP contribution < -0.4 is 15.1 Å². The second kappa shape index (κ2) is 10.3.